The zero-order valence-corrected chi connectivity index (χ0v) is 12.8. The van der Waals surface area contributed by atoms with Crippen molar-refractivity contribution in [2.24, 2.45) is 16.7 Å². The van der Waals surface area contributed by atoms with Crippen LogP contribution in [0, 0.1) is 66.1 Å². The number of allylic oxidation sites excluding steroid dienone is 2. The first kappa shape index (κ1) is 16.6. The molecule has 2 atom stereocenters. The third-order valence-electron chi connectivity index (χ3n) is 4.84. The van der Waals surface area contributed by atoms with Gasteiger partial charge < -0.3 is 5.11 Å². The molecule has 18 heavy (non-hydrogen) atoms. The molecule has 0 aliphatic heterocycles. The second-order valence-electron chi connectivity index (χ2n) is 5.73. The Balaban J connectivity index is 0.00000162. The maximum absolute atomic E-state index is 12.5. The number of fused-ring (bicyclic) bond motifs is 2. The van der Waals surface area contributed by atoms with Crippen LogP contribution in [0.2, 0.25) is 0 Å². The van der Waals surface area contributed by atoms with Crippen LogP contribution in [-0.4, -0.2) is 17.1 Å². The van der Waals surface area contributed by atoms with Gasteiger partial charge in [-0.2, -0.15) is 13.2 Å². The Morgan fingerprint density at radius 2 is 1.83 bits per heavy atom. The van der Waals surface area contributed by atoms with Crippen LogP contribution in [0.15, 0.2) is 11.3 Å². The fourth-order valence-electron chi connectivity index (χ4n) is 3.29. The van der Waals surface area contributed by atoms with Crippen molar-refractivity contribution in [1.29, 1.82) is 0 Å². The zero-order valence-electron chi connectivity index (χ0n) is 10.4. The monoisotopic (exact) mass is 401 g/mol. The van der Waals surface area contributed by atoms with Gasteiger partial charge in [0.1, 0.15) is 0 Å². The van der Waals surface area contributed by atoms with Crippen LogP contribution < -0.4 is 0 Å². The van der Waals surface area contributed by atoms with Crippen molar-refractivity contribution in [3.63, 3.8) is 0 Å². The Labute approximate surface area is 145 Å². The van der Waals surface area contributed by atoms with E-state index >= 15 is 0 Å². The van der Waals surface area contributed by atoms with E-state index in [1.165, 1.54) is 0 Å². The average Bonchev–Trinajstić information content (AvgIpc) is 2.47. The van der Waals surface area contributed by atoms with Gasteiger partial charge >= 0.3 is 6.18 Å². The summed E-state index contributed by atoms with van der Waals surface area (Å²) in [6.45, 7) is 5.31. The Morgan fingerprint density at radius 1 is 1.33 bits per heavy atom. The van der Waals surface area contributed by atoms with E-state index in [0.717, 1.165) is 0 Å². The number of ketones is 1. The molecular formula is C12H15EuF3O2. The van der Waals surface area contributed by atoms with E-state index in [-0.39, 0.29) is 49.4 Å². The first-order chi connectivity index (χ1) is 7.53. The molecule has 103 valence electrons. The molecule has 2 rings (SSSR count). The van der Waals surface area contributed by atoms with E-state index < -0.39 is 40.0 Å². The summed E-state index contributed by atoms with van der Waals surface area (Å²) in [4.78, 5) is 12.1. The van der Waals surface area contributed by atoms with Crippen LogP contribution in [0.1, 0.15) is 33.6 Å². The molecule has 2 aliphatic rings. The number of hydrogen-bond donors (Lipinski definition) is 1. The number of aliphatic hydroxyl groups excluding tert-OH is 1. The molecule has 2 nitrogen and oxygen atoms in total. The van der Waals surface area contributed by atoms with Crippen molar-refractivity contribution in [2.75, 3.05) is 0 Å². The number of hydrogen-bond acceptors (Lipinski definition) is 2. The SMILES string of the molecule is CC12CCC(C(=C(O)C(F)(F)F)C1=O)C2(C)C.[Eu]. The van der Waals surface area contributed by atoms with Crippen molar-refractivity contribution in [1.82, 2.24) is 0 Å². The maximum atomic E-state index is 12.5. The largest absolute Gasteiger partial charge is 0.504 e. The number of aliphatic hydroxyl groups is 1. The average molecular weight is 400 g/mol. The molecule has 2 aliphatic carbocycles. The van der Waals surface area contributed by atoms with Gasteiger partial charge in [-0.25, -0.2) is 0 Å². The van der Waals surface area contributed by atoms with Gasteiger partial charge in [-0.1, -0.05) is 20.8 Å². The number of alkyl halides is 3. The molecule has 2 unspecified atom stereocenters. The molecule has 1 radical (unpaired) electrons. The molecule has 0 spiro atoms. The Bertz CT molecular complexity index is 426. The van der Waals surface area contributed by atoms with Crippen LogP contribution >= 0.6 is 0 Å². The Hall–Kier alpha value is 0.584. The quantitative estimate of drug-likeness (QED) is 0.500. The van der Waals surface area contributed by atoms with Crippen molar-refractivity contribution in [2.45, 2.75) is 39.8 Å². The van der Waals surface area contributed by atoms with Gasteiger partial charge in [-0.15, -0.1) is 0 Å². The van der Waals surface area contributed by atoms with Crippen molar-refractivity contribution >= 4 is 5.78 Å². The maximum Gasteiger partial charge on any atom is 0.449 e. The second kappa shape index (κ2) is 4.56. The fourth-order valence-corrected chi connectivity index (χ4v) is 3.29. The minimum Gasteiger partial charge on any atom is -0.504 e. The molecule has 2 fully saturated rings. The second-order valence-corrected chi connectivity index (χ2v) is 5.73. The number of Topliss-reactive ketones (excluding diaryl/α,β-unsaturated/α-hetero) is 1. The number of rotatable bonds is 0. The first-order valence-corrected chi connectivity index (χ1v) is 5.58. The minimum absolute atomic E-state index is 0. The van der Waals surface area contributed by atoms with Crippen LogP contribution in [0.4, 0.5) is 13.2 Å². The summed E-state index contributed by atoms with van der Waals surface area (Å²) in [5, 5.41) is 9.26. The van der Waals surface area contributed by atoms with E-state index in [1.54, 1.807) is 20.8 Å². The van der Waals surface area contributed by atoms with Crippen LogP contribution in [-0.2, 0) is 4.79 Å². The summed E-state index contributed by atoms with van der Waals surface area (Å²) >= 11 is 0. The van der Waals surface area contributed by atoms with Gasteiger partial charge in [-0.3, -0.25) is 4.79 Å². The predicted molar refractivity (Wildman–Crippen MR) is 55.3 cm³/mol. The summed E-state index contributed by atoms with van der Waals surface area (Å²) < 4.78 is 37.5. The van der Waals surface area contributed by atoms with E-state index in [1.807, 2.05) is 0 Å². The summed E-state index contributed by atoms with van der Waals surface area (Å²) in [6.07, 6.45) is -3.70. The van der Waals surface area contributed by atoms with Gasteiger partial charge in [0.2, 0.25) is 5.76 Å². The van der Waals surface area contributed by atoms with Crippen molar-refractivity contribution in [3.05, 3.63) is 11.3 Å². The first-order valence-electron chi connectivity index (χ1n) is 5.58. The van der Waals surface area contributed by atoms with Crippen LogP contribution in [0.25, 0.3) is 0 Å². The Kier molecular flexibility index (Phi) is 4.21. The van der Waals surface area contributed by atoms with Gasteiger partial charge in [0.05, 0.1) is 0 Å². The van der Waals surface area contributed by atoms with E-state index in [4.69, 9.17) is 0 Å². The standard InChI is InChI=1S/C12H15F3O2.Eu/c1-10(2)6-4-5-11(10,3)8(16)7(6)9(17)12(13,14)15;/h6,17H,4-5H2,1-3H3;. The smallest absolute Gasteiger partial charge is 0.449 e. The third kappa shape index (κ3) is 1.94. The summed E-state index contributed by atoms with van der Waals surface area (Å²) in [6, 6.07) is 0. The molecule has 1 N–H and O–H groups in total. The zero-order chi connectivity index (χ0) is 13.2. The van der Waals surface area contributed by atoms with Crippen molar-refractivity contribution < 1.29 is 72.4 Å². The molecule has 0 saturated heterocycles. The number of carbonyl (C=O) groups excluding carboxylic acids is 1. The molecule has 0 aromatic heterocycles. The number of halogens is 3. The summed E-state index contributed by atoms with van der Waals surface area (Å²) in [7, 11) is 0. The molecule has 0 heterocycles. The van der Waals surface area contributed by atoms with Gasteiger partial charge in [0.15, 0.2) is 5.78 Å². The molecule has 0 amide bonds. The summed E-state index contributed by atoms with van der Waals surface area (Å²) in [5.74, 6) is -2.71. The van der Waals surface area contributed by atoms with E-state index in [2.05, 4.69) is 0 Å². The molecule has 2 bridgehead atoms. The van der Waals surface area contributed by atoms with Crippen LogP contribution in [0.5, 0.6) is 0 Å². The molecule has 0 aromatic carbocycles. The number of carbonyl (C=O) groups is 1. The van der Waals surface area contributed by atoms with Crippen molar-refractivity contribution in [3.8, 4) is 0 Å². The Morgan fingerprint density at radius 3 is 2.17 bits per heavy atom. The fraction of sp³-hybridized carbons (Fsp3) is 0.750. The molecule has 2 saturated carbocycles. The normalized spacial score (nSPS) is 36.6. The molecule has 0 aromatic rings. The van der Waals surface area contributed by atoms with Gasteiger partial charge in [0, 0.05) is 60.4 Å². The van der Waals surface area contributed by atoms with Gasteiger partial charge in [0.25, 0.3) is 0 Å². The van der Waals surface area contributed by atoms with Gasteiger partial charge in [-0.05, 0) is 24.2 Å². The third-order valence-corrected chi connectivity index (χ3v) is 4.84. The summed E-state index contributed by atoms with van der Waals surface area (Å²) in [5.41, 5.74) is -1.69. The molecular weight excluding hydrogens is 385 g/mol. The van der Waals surface area contributed by atoms with E-state index in [0.29, 0.717) is 12.8 Å². The predicted octanol–water partition coefficient (Wildman–Crippen LogP) is 3.39. The van der Waals surface area contributed by atoms with Crippen LogP contribution in [0.3, 0.4) is 0 Å². The van der Waals surface area contributed by atoms with E-state index in [9.17, 15) is 23.1 Å². The topological polar surface area (TPSA) is 37.3 Å². The minimum atomic E-state index is -4.83. The molecule has 6 heteroatoms.